The molecule has 1 aromatic carbocycles. The first kappa shape index (κ1) is 15.0. The van der Waals surface area contributed by atoms with E-state index in [1.54, 1.807) is 31.2 Å². The molecule has 1 atom stereocenters. The van der Waals surface area contributed by atoms with Crippen molar-refractivity contribution < 1.29 is 14.4 Å². The SMILES string of the molecule is CCCNC(=O)CN1C(=O)[C@@H](C)N(c2ccccc2)C1=O. The van der Waals surface area contributed by atoms with Crippen LogP contribution in [-0.4, -0.2) is 41.9 Å². The number of carbonyl (C=O) groups excluding carboxylic acids is 3. The Morgan fingerprint density at radius 1 is 1.24 bits per heavy atom. The summed E-state index contributed by atoms with van der Waals surface area (Å²) in [5.74, 6) is -0.670. The van der Waals surface area contributed by atoms with E-state index in [-0.39, 0.29) is 18.4 Å². The summed E-state index contributed by atoms with van der Waals surface area (Å²) in [4.78, 5) is 38.7. The molecule has 6 heteroatoms. The second kappa shape index (κ2) is 6.39. The van der Waals surface area contributed by atoms with Gasteiger partial charge in [0.15, 0.2) is 0 Å². The fourth-order valence-corrected chi connectivity index (χ4v) is 2.26. The fraction of sp³-hybridized carbons (Fsp3) is 0.400. The number of hydrogen-bond acceptors (Lipinski definition) is 3. The summed E-state index contributed by atoms with van der Waals surface area (Å²) in [6.45, 7) is 3.90. The Morgan fingerprint density at radius 3 is 2.52 bits per heavy atom. The number of imide groups is 1. The van der Waals surface area contributed by atoms with Crippen LogP contribution in [0.3, 0.4) is 0 Å². The van der Waals surface area contributed by atoms with Gasteiger partial charge in [-0.1, -0.05) is 25.1 Å². The van der Waals surface area contributed by atoms with E-state index < -0.39 is 12.1 Å². The predicted octanol–water partition coefficient (Wildman–Crippen LogP) is 1.37. The standard InChI is InChI=1S/C15H19N3O3/c1-3-9-16-13(19)10-17-14(20)11(2)18(15(17)21)12-7-5-4-6-8-12/h4-8,11H,3,9-10H2,1-2H3,(H,16,19)/t11-/m1/s1. The van der Waals surface area contributed by atoms with Gasteiger partial charge in [0.05, 0.1) is 0 Å². The van der Waals surface area contributed by atoms with Gasteiger partial charge < -0.3 is 5.32 Å². The maximum atomic E-state index is 12.4. The minimum Gasteiger partial charge on any atom is -0.355 e. The Kier molecular flexibility index (Phi) is 4.57. The number of nitrogens with zero attached hydrogens (tertiary/aromatic N) is 2. The third-order valence-electron chi connectivity index (χ3n) is 3.36. The van der Waals surface area contributed by atoms with Gasteiger partial charge in [0.25, 0.3) is 5.91 Å². The van der Waals surface area contributed by atoms with Gasteiger partial charge in [-0.25, -0.2) is 4.79 Å². The number of rotatable bonds is 5. The van der Waals surface area contributed by atoms with Crippen molar-refractivity contribution in [1.29, 1.82) is 0 Å². The van der Waals surface area contributed by atoms with Gasteiger partial charge in [-0.05, 0) is 25.5 Å². The number of amides is 4. The maximum absolute atomic E-state index is 12.4. The third kappa shape index (κ3) is 3.04. The molecule has 1 heterocycles. The zero-order valence-electron chi connectivity index (χ0n) is 12.2. The lowest BCUT2D eigenvalue weighted by atomic mass is 10.2. The van der Waals surface area contributed by atoms with E-state index in [1.807, 2.05) is 13.0 Å². The Balaban J connectivity index is 2.13. The number of nitrogens with one attached hydrogen (secondary N) is 1. The van der Waals surface area contributed by atoms with Crippen molar-refractivity contribution in [3.8, 4) is 0 Å². The number of carbonyl (C=O) groups is 3. The van der Waals surface area contributed by atoms with Gasteiger partial charge in [-0.15, -0.1) is 0 Å². The van der Waals surface area contributed by atoms with E-state index in [0.29, 0.717) is 12.2 Å². The van der Waals surface area contributed by atoms with Gasteiger partial charge in [0.1, 0.15) is 12.6 Å². The highest BCUT2D eigenvalue weighted by Gasteiger charge is 2.43. The van der Waals surface area contributed by atoms with Crippen LogP contribution in [0.4, 0.5) is 10.5 Å². The van der Waals surface area contributed by atoms with Crippen molar-refractivity contribution in [2.24, 2.45) is 0 Å². The van der Waals surface area contributed by atoms with Crippen LogP contribution in [0.2, 0.25) is 0 Å². The Hall–Kier alpha value is -2.37. The molecular weight excluding hydrogens is 270 g/mol. The zero-order valence-corrected chi connectivity index (χ0v) is 12.2. The summed E-state index contributed by atoms with van der Waals surface area (Å²) >= 11 is 0. The van der Waals surface area contributed by atoms with Crippen LogP contribution in [0, 0.1) is 0 Å². The van der Waals surface area contributed by atoms with Crippen LogP contribution in [0.15, 0.2) is 30.3 Å². The molecule has 0 spiro atoms. The van der Waals surface area contributed by atoms with Gasteiger partial charge in [0, 0.05) is 12.2 Å². The first-order valence-electron chi connectivity index (χ1n) is 7.02. The molecular formula is C15H19N3O3. The van der Waals surface area contributed by atoms with Gasteiger partial charge >= 0.3 is 6.03 Å². The monoisotopic (exact) mass is 289 g/mol. The molecule has 1 aromatic rings. The average Bonchev–Trinajstić information content (AvgIpc) is 2.70. The molecule has 1 aliphatic rings. The molecule has 1 aliphatic heterocycles. The molecule has 0 aliphatic carbocycles. The first-order chi connectivity index (χ1) is 10.1. The molecule has 1 fully saturated rings. The van der Waals surface area contributed by atoms with E-state index >= 15 is 0 Å². The van der Waals surface area contributed by atoms with Crippen LogP contribution < -0.4 is 10.2 Å². The normalized spacial score (nSPS) is 18.3. The van der Waals surface area contributed by atoms with E-state index in [9.17, 15) is 14.4 Å². The minimum absolute atomic E-state index is 0.231. The second-order valence-electron chi connectivity index (χ2n) is 4.94. The van der Waals surface area contributed by atoms with E-state index in [4.69, 9.17) is 0 Å². The van der Waals surface area contributed by atoms with Crippen molar-refractivity contribution in [2.75, 3.05) is 18.0 Å². The highest BCUT2D eigenvalue weighted by molar-refractivity contribution is 6.15. The van der Waals surface area contributed by atoms with Crippen molar-refractivity contribution in [3.05, 3.63) is 30.3 Å². The van der Waals surface area contributed by atoms with Crippen LogP contribution in [0.1, 0.15) is 20.3 Å². The maximum Gasteiger partial charge on any atom is 0.332 e. The average molecular weight is 289 g/mol. The summed E-state index contributed by atoms with van der Waals surface area (Å²) < 4.78 is 0. The summed E-state index contributed by atoms with van der Waals surface area (Å²) in [5, 5.41) is 2.67. The highest BCUT2D eigenvalue weighted by atomic mass is 16.2. The first-order valence-corrected chi connectivity index (χ1v) is 7.02. The molecule has 1 N–H and O–H groups in total. The molecule has 0 saturated carbocycles. The van der Waals surface area contributed by atoms with E-state index in [0.717, 1.165) is 11.3 Å². The van der Waals surface area contributed by atoms with Crippen LogP contribution in [0.5, 0.6) is 0 Å². The molecule has 6 nitrogen and oxygen atoms in total. The van der Waals surface area contributed by atoms with Gasteiger partial charge in [0.2, 0.25) is 5.91 Å². The molecule has 2 rings (SSSR count). The summed E-state index contributed by atoms with van der Waals surface area (Å²) in [6.07, 6.45) is 0.806. The Morgan fingerprint density at radius 2 is 1.90 bits per heavy atom. The Bertz CT molecular complexity index is 544. The molecule has 1 saturated heterocycles. The quantitative estimate of drug-likeness (QED) is 0.832. The topological polar surface area (TPSA) is 69.7 Å². The van der Waals surface area contributed by atoms with Crippen molar-refractivity contribution in [2.45, 2.75) is 26.3 Å². The third-order valence-corrected chi connectivity index (χ3v) is 3.36. The van der Waals surface area contributed by atoms with Gasteiger partial charge in [-0.3, -0.25) is 19.4 Å². The van der Waals surface area contributed by atoms with Crippen molar-refractivity contribution in [3.63, 3.8) is 0 Å². The fourth-order valence-electron chi connectivity index (χ4n) is 2.26. The number of urea groups is 1. The summed E-state index contributed by atoms with van der Waals surface area (Å²) in [6, 6.07) is 7.92. The molecule has 112 valence electrons. The lowest BCUT2D eigenvalue weighted by Crippen LogP contribution is -2.41. The molecule has 0 bridgehead atoms. The molecule has 21 heavy (non-hydrogen) atoms. The van der Waals surface area contributed by atoms with Gasteiger partial charge in [-0.2, -0.15) is 0 Å². The number of hydrogen-bond donors (Lipinski definition) is 1. The Labute approximate surface area is 123 Å². The largest absolute Gasteiger partial charge is 0.355 e. The van der Waals surface area contributed by atoms with Crippen LogP contribution in [-0.2, 0) is 9.59 Å². The summed E-state index contributed by atoms with van der Waals surface area (Å²) in [5.41, 5.74) is 0.653. The summed E-state index contributed by atoms with van der Waals surface area (Å²) in [7, 11) is 0. The minimum atomic E-state index is -0.598. The lowest BCUT2D eigenvalue weighted by Gasteiger charge is -2.19. The molecule has 0 radical (unpaired) electrons. The van der Waals surface area contributed by atoms with Crippen LogP contribution in [0.25, 0.3) is 0 Å². The van der Waals surface area contributed by atoms with Crippen LogP contribution >= 0.6 is 0 Å². The number of anilines is 1. The molecule has 0 aromatic heterocycles. The molecule has 0 unspecified atom stereocenters. The zero-order chi connectivity index (χ0) is 15.4. The lowest BCUT2D eigenvalue weighted by molar-refractivity contribution is -0.131. The van der Waals surface area contributed by atoms with E-state index in [2.05, 4.69) is 5.32 Å². The van der Waals surface area contributed by atoms with Crippen molar-refractivity contribution in [1.82, 2.24) is 10.2 Å². The van der Waals surface area contributed by atoms with Crippen molar-refractivity contribution >= 4 is 23.5 Å². The number of benzene rings is 1. The molecule has 4 amide bonds. The van der Waals surface area contributed by atoms with E-state index in [1.165, 1.54) is 4.90 Å². The second-order valence-corrected chi connectivity index (χ2v) is 4.94. The smallest absolute Gasteiger partial charge is 0.332 e. The highest BCUT2D eigenvalue weighted by Crippen LogP contribution is 2.25. The predicted molar refractivity (Wildman–Crippen MR) is 78.8 cm³/mol. The number of para-hydroxylation sites is 1.